The standard InChI is InChI=1S/C29H31N3O2/c1-21(34-25-16-14-24(15-17-25)29(2,3)4)28(33)31-30-18-23-20-32(19-22-10-6-5-7-11-22)27-13-9-8-12-26(23)27/h5-18,20-21H,19H2,1-4H3,(H,31,33)/b30-18+. The minimum atomic E-state index is -0.669. The number of amides is 1. The van der Waals surface area contributed by atoms with Crippen LogP contribution in [0.1, 0.15) is 44.4 Å². The zero-order chi connectivity index (χ0) is 24.1. The summed E-state index contributed by atoms with van der Waals surface area (Å²) in [6.45, 7) is 8.97. The molecule has 4 rings (SSSR count). The SMILES string of the molecule is CC(Oc1ccc(C(C)(C)C)cc1)C(=O)N/N=C/c1cn(Cc2ccccc2)c2ccccc12. The summed E-state index contributed by atoms with van der Waals surface area (Å²) < 4.78 is 7.99. The molecule has 34 heavy (non-hydrogen) atoms. The van der Waals surface area contributed by atoms with Crippen LogP contribution in [0.5, 0.6) is 5.75 Å². The summed E-state index contributed by atoms with van der Waals surface area (Å²) in [5.74, 6) is 0.354. The van der Waals surface area contributed by atoms with E-state index < -0.39 is 6.10 Å². The molecule has 0 fully saturated rings. The molecule has 1 aromatic heterocycles. The molecule has 1 unspecified atom stereocenters. The van der Waals surface area contributed by atoms with Gasteiger partial charge in [0.1, 0.15) is 5.75 Å². The molecule has 1 heterocycles. The van der Waals surface area contributed by atoms with Crippen molar-refractivity contribution in [3.05, 3.63) is 102 Å². The number of hydrogen-bond donors (Lipinski definition) is 1. The van der Waals surface area contributed by atoms with Gasteiger partial charge in [0.25, 0.3) is 5.91 Å². The second kappa shape index (κ2) is 9.96. The molecule has 0 aliphatic carbocycles. The second-order valence-corrected chi connectivity index (χ2v) is 9.48. The fourth-order valence-corrected chi connectivity index (χ4v) is 3.84. The highest BCUT2D eigenvalue weighted by Crippen LogP contribution is 2.25. The first-order chi connectivity index (χ1) is 16.3. The summed E-state index contributed by atoms with van der Waals surface area (Å²) in [6, 6.07) is 26.4. The third-order valence-electron chi connectivity index (χ3n) is 5.80. The van der Waals surface area contributed by atoms with E-state index in [2.05, 4.69) is 66.3 Å². The van der Waals surface area contributed by atoms with E-state index >= 15 is 0 Å². The number of benzene rings is 3. The average Bonchev–Trinajstić information content (AvgIpc) is 3.17. The Labute approximate surface area is 201 Å². The van der Waals surface area contributed by atoms with Gasteiger partial charge in [-0.25, -0.2) is 5.43 Å². The zero-order valence-corrected chi connectivity index (χ0v) is 20.2. The van der Waals surface area contributed by atoms with Crippen molar-refractivity contribution in [2.24, 2.45) is 5.10 Å². The van der Waals surface area contributed by atoms with Gasteiger partial charge in [0, 0.05) is 29.2 Å². The fourth-order valence-electron chi connectivity index (χ4n) is 3.84. The molecular weight excluding hydrogens is 422 g/mol. The highest BCUT2D eigenvalue weighted by Gasteiger charge is 2.16. The van der Waals surface area contributed by atoms with Crippen molar-refractivity contribution in [2.75, 3.05) is 0 Å². The number of hydrogen-bond acceptors (Lipinski definition) is 3. The van der Waals surface area contributed by atoms with E-state index in [4.69, 9.17) is 4.74 Å². The lowest BCUT2D eigenvalue weighted by atomic mass is 9.87. The van der Waals surface area contributed by atoms with Gasteiger partial charge in [-0.15, -0.1) is 0 Å². The van der Waals surface area contributed by atoms with Gasteiger partial charge in [-0.2, -0.15) is 5.10 Å². The van der Waals surface area contributed by atoms with Gasteiger partial charge >= 0.3 is 0 Å². The van der Waals surface area contributed by atoms with Crippen LogP contribution < -0.4 is 10.2 Å². The summed E-state index contributed by atoms with van der Waals surface area (Å²) >= 11 is 0. The summed E-state index contributed by atoms with van der Waals surface area (Å²) in [7, 11) is 0. The van der Waals surface area contributed by atoms with Crippen LogP contribution in [-0.4, -0.2) is 22.8 Å². The minimum Gasteiger partial charge on any atom is -0.481 e. The smallest absolute Gasteiger partial charge is 0.280 e. The van der Waals surface area contributed by atoms with E-state index in [0.717, 1.165) is 23.0 Å². The molecule has 0 saturated carbocycles. The van der Waals surface area contributed by atoms with Crippen LogP contribution >= 0.6 is 0 Å². The second-order valence-electron chi connectivity index (χ2n) is 9.48. The Balaban J connectivity index is 1.41. The van der Waals surface area contributed by atoms with Gasteiger partial charge in [0.15, 0.2) is 6.10 Å². The molecule has 5 nitrogen and oxygen atoms in total. The van der Waals surface area contributed by atoms with E-state index in [1.54, 1.807) is 13.1 Å². The molecule has 5 heteroatoms. The number of aromatic nitrogens is 1. The van der Waals surface area contributed by atoms with E-state index in [0.29, 0.717) is 5.75 Å². The van der Waals surface area contributed by atoms with Crippen LogP contribution in [0.15, 0.2) is 90.2 Å². The number of carbonyl (C=O) groups is 1. The number of fused-ring (bicyclic) bond motifs is 1. The normalized spacial score (nSPS) is 12.7. The molecule has 0 saturated heterocycles. The number of carbonyl (C=O) groups excluding carboxylic acids is 1. The summed E-state index contributed by atoms with van der Waals surface area (Å²) in [5.41, 5.74) is 7.18. The quantitative estimate of drug-likeness (QED) is 0.280. The Morgan fingerprint density at radius 2 is 1.68 bits per heavy atom. The van der Waals surface area contributed by atoms with Crippen LogP contribution in [0.25, 0.3) is 10.9 Å². The number of para-hydroxylation sites is 1. The lowest BCUT2D eigenvalue weighted by Gasteiger charge is -2.19. The first kappa shape index (κ1) is 23.3. The third kappa shape index (κ3) is 5.54. The maximum absolute atomic E-state index is 12.5. The van der Waals surface area contributed by atoms with Crippen LogP contribution in [-0.2, 0) is 16.8 Å². The first-order valence-corrected chi connectivity index (χ1v) is 11.5. The Bertz CT molecular complexity index is 1280. The van der Waals surface area contributed by atoms with Crippen molar-refractivity contribution in [1.29, 1.82) is 0 Å². The van der Waals surface area contributed by atoms with E-state index in [-0.39, 0.29) is 11.3 Å². The topological polar surface area (TPSA) is 55.6 Å². The monoisotopic (exact) mass is 453 g/mol. The lowest BCUT2D eigenvalue weighted by Crippen LogP contribution is -2.33. The van der Waals surface area contributed by atoms with Crippen molar-refractivity contribution in [2.45, 2.75) is 45.8 Å². The zero-order valence-electron chi connectivity index (χ0n) is 20.2. The summed E-state index contributed by atoms with van der Waals surface area (Å²) in [5, 5.41) is 5.29. The predicted octanol–water partition coefficient (Wildman–Crippen LogP) is 5.90. The van der Waals surface area contributed by atoms with E-state index in [9.17, 15) is 4.79 Å². The molecule has 3 aromatic carbocycles. The van der Waals surface area contributed by atoms with E-state index in [1.807, 2.05) is 54.6 Å². The van der Waals surface area contributed by atoms with E-state index in [1.165, 1.54) is 11.1 Å². The number of nitrogens with one attached hydrogen (secondary N) is 1. The predicted molar refractivity (Wildman–Crippen MR) is 138 cm³/mol. The molecule has 0 radical (unpaired) electrons. The van der Waals surface area contributed by atoms with Crippen molar-refractivity contribution < 1.29 is 9.53 Å². The summed E-state index contributed by atoms with van der Waals surface area (Å²) in [4.78, 5) is 12.5. The van der Waals surface area contributed by atoms with Crippen molar-refractivity contribution in [3.63, 3.8) is 0 Å². The number of rotatable bonds is 7. The van der Waals surface area contributed by atoms with Gasteiger partial charge in [0.05, 0.1) is 6.21 Å². The summed E-state index contributed by atoms with van der Waals surface area (Å²) in [6.07, 6.45) is 3.08. The molecule has 1 N–H and O–H groups in total. The van der Waals surface area contributed by atoms with Gasteiger partial charge in [-0.3, -0.25) is 4.79 Å². The highest BCUT2D eigenvalue weighted by molar-refractivity contribution is 5.99. The molecule has 4 aromatic rings. The van der Waals surface area contributed by atoms with Gasteiger partial charge in [-0.05, 0) is 41.7 Å². The maximum atomic E-state index is 12.5. The number of nitrogens with zero attached hydrogens (tertiary/aromatic N) is 2. The Morgan fingerprint density at radius 1 is 1.00 bits per heavy atom. The van der Waals surface area contributed by atoms with Crippen LogP contribution in [0.3, 0.4) is 0 Å². The Hall–Kier alpha value is -3.86. The van der Waals surface area contributed by atoms with Crippen molar-refractivity contribution >= 4 is 23.0 Å². The molecule has 1 amide bonds. The largest absolute Gasteiger partial charge is 0.481 e. The van der Waals surface area contributed by atoms with Gasteiger partial charge in [-0.1, -0.05) is 81.4 Å². The third-order valence-corrected chi connectivity index (χ3v) is 5.80. The molecular formula is C29H31N3O2. The molecule has 1 atom stereocenters. The first-order valence-electron chi connectivity index (χ1n) is 11.5. The van der Waals surface area contributed by atoms with Crippen LogP contribution in [0.4, 0.5) is 0 Å². The van der Waals surface area contributed by atoms with Crippen LogP contribution in [0.2, 0.25) is 0 Å². The molecule has 0 spiro atoms. The van der Waals surface area contributed by atoms with Gasteiger partial charge in [0.2, 0.25) is 0 Å². The van der Waals surface area contributed by atoms with Gasteiger partial charge < -0.3 is 9.30 Å². The van der Waals surface area contributed by atoms with Crippen molar-refractivity contribution in [3.8, 4) is 5.75 Å². The minimum absolute atomic E-state index is 0.0699. The lowest BCUT2D eigenvalue weighted by molar-refractivity contribution is -0.127. The molecule has 0 bridgehead atoms. The Morgan fingerprint density at radius 3 is 2.38 bits per heavy atom. The van der Waals surface area contributed by atoms with Crippen molar-refractivity contribution in [1.82, 2.24) is 9.99 Å². The maximum Gasteiger partial charge on any atom is 0.280 e. The number of ether oxygens (including phenoxy) is 1. The number of hydrazone groups is 1. The van der Waals surface area contributed by atoms with Crippen LogP contribution in [0, 0.1) is 0 Å². The average molecular weight is 454 g/mol. The molecule has 174 valence electrons. The molecule has 0 aliphatic rings. The fraction of sp³-hybridized carbons (Fsp3) is 0.241. The molecule has 0 aliphatic heterocycles. The highest BCUT2D eigenvalue weighted by atomic mass is 16.5. The Kier molecular flexibility index (Phi) is 6.82.